The summed E-state index contributed by atoms with van der Waals surface area (Å²) in [6.07, 6.45) is 1.09. The number of aliphatic hydroxyl groups is 1. The van der Waals surface area contributed by atoms with Crippen LogP contribution in [0.3, 0.4) is 0 Å². The molecule has 0 radical (unpaired) electrons. The molecular weight excluding hydrogens is 465 g/mol. The summed E-state index contributed by atoms with van der Waals surface area (Å²) in [4.78, 5) is 6.63. The lowest BCUT2D eigenvalue weighted by atomic mass is 9.94. The van der Waals surface area contributed by atoms with Crippen LogP contribution >= 0.6 is 0 Å². The van der Waals surface area contributed by atoms with E-state index < -0.39 is 12.0 Å². The molecule has 4 rings (SSSR count). The second-order valence-electron chi connectivity index (χ2n) is 9.43. The molecule has 1 N–H and O–H groups in total. The zero-order chi connectivity index (χ0) is 26.5. The highest BCUT2D eigenvalue weighted by Gasteiger charge is 2.30. The predicted octanol–water partition coefficient (Wildman–Crippen LogP) is 7.01. The molecule has 0 amide bonds. The highest BCUT2D eigenvalue weighted by Crippen LogP contribution is 2.33. The SMILES string of the molecule is CCCC1=C(Cc2ccc(-c3ccccc3C#N)c(F)c2)C(O)N(c2ccc(OC(C)C)cc2)C(C)=N1. The van der Waals surface area contributed by atoms with Crippen molar-refractivity contribution in [3.8, 4) is 22.9 Å². The molecule has 6 heteroatoms. The van der Waals surface area contributed by atoms with Crippen molar-refractivity contribution in [3.63, 3.8) is 0 Å². The van der Waals surface area contributed by atoms with Crippen molar-refractivity contribution in [1.29, 1.82) is 5.26 Å². The molecule has 1 atom stereocenters. The number of halogens is 1. The van der Waals surface area contributed by atoms with Gasteiger partial charge in [0.05, 0.1) is 17.7 Å². The summed E-state index contributed by atoms with van der Waals surface area (Å²) in [6.45, 7) is 7.91. The number of anilines is 1. The minimum absolute atomic E-state index is 0.0704. The summed E-state index contributed by atoms with van der Waals surface area (Å²) in [7, 11) is 0. The maximum atomic E-state index is 15.2. The Labute approximate surface area is 218 Å². The second-order valence-corrected chi connectivity index (χ2v) is 9.43. The smallest absolute Gasteiger partial charge is 0.156 e. The Morgan fingerprint density at radius 2 is 1.81 bits per heavy atom. The molecule has 0 aromatic heterocycles. The van der Waals surface area contributed by atoms with Crippen LogP contribution in [0.25, 0.3) is 11.1 Å². The number of aliphatic hydroxyl groups excluding tert-OH is 1. The van der Waals surface area contributed by atoms with Gasteiger partial charge in [-0.3, -0.25) is 4.90 Å². The molecule has 3 aromatic carbocycles. The molecule has 1 unspecified atom stereocenters. The predicted molar refractivity (Wildman–Crippen MR) is 146 cm³/mol. The fraction of sp³-hybridized carbons (Fsp3) is 0.290. The third-order valence-electron chi connectivity index (χ3n) is 6.31. The van der Waals surface area contributed by atoms with Crippen LogP contribution in [0.15, 0.2) is 83.0 Å². The molecule has 3 aromatic rings. The van der Waals surface area contributed by atoms with Crippen LogP contribution < -0.4 is 9.64 Å². The van der Waals surface area contributed by atoms with Crippen LogP contribution in [0.4, 0.5) is 10.1 Å². The first-order chi connectivity index (χ1) is 17.8. The first-order valence-electron chi connectivity index (χ1n) is 12.6. The zero-order valence-electron chi connectivity index (χ0n) is 21.7. The largest absolute Gasteiger partial charge is 0.491 e. The summed E-state index contributed by atoms with van der Waals surface area (Å²) in [5, 5.41) is 20.9. The Morgan fingerprint density at radius 1 is 1.08 bits per heavy atom. The normalized spacial score (nSPS) is 15.6. The quantitative estimate of drug-likeness (QED) is 0.364. The average molecular weight is 498 g/mol. The van der Waals surface area contributed by atoms with E-state index in [-0.39, 0.29) is 6.10 Å². The maximum absolute atomic E-state index is 15.2. The van der Waals surface area contributed by atoms with Gasteiger partial charge in [0.2, 0.25) is 0 Å². The number of nitriles is 1. The van der Waals surface area contributed by atoms with E-state index >= 15 is 4.39 Å². The Kier molecular flexibility index (Phi) is 8.05. The molecule has 37 heavy (non-hydrogen) atoms. The molecule has 0 fully saturated rings. The van der Waals surface area contributed by atoms with E-state index in [4.69, 9.17) is 9.73 Å². The van der Waals surface area contributed by atoms with E-state index in [9.17, 15) is 10.4 Å². The summed E-state index contributed by atoms with van der Waals surface area (Å²) in [5.41, 5.74) is 4.49. The lowest BCUT2D eigenvalue weighted by molar-refractivity contribution is 0.213. The standard InChI is InChI=1S/C31H32FN3O2/c1-5-8-30-28(17-22-11-16-27(29(32)18-22)26-10-7-6-9-23(26)19-33)31(36)35(21(4)34-30)24-12-14-25(15-13-24)37-20(2)3/h6-7,9-16,18,20,31,36H,5,8,17H2,1-4H3. The number of rotatable bonds is 8. The molecule has 190 valence electrons. The Bertz CT molecular complexity index is 1370. The second kappa shape index (κ2) is 11.4. The summed E-state index contributed by atoms with van der Waals surface area (Å²) in [6, 6.07) is 21.7. The van der Waals surface area contributed by atoms with Crippen LogP contribution in [0.5, 0.6) is 5.75 Å². The Balaban J connectivity index is 1.65. The van der Waals surface area contributed by atoms with E-state index in [0.29, 0.717) is 28.9 Å². The number of amidine groups is 1. The molecule has 1 aliphatic heterocycles. The van der Waals surface area contributed by atoms with Gasteiger partial charge in [-0.05, 0) is 75.6 Å². The van der Waals surface area contributed by atoms with Gasteiger partial charge >= 0.3 is 0 Å². The average Bonchev–Trinajstić information content (AvgIpc) is 2.87. The third-order valence-corrected chi connectivity index (χ3v) is 6.31. The zero-order valence-corrected chi connectivity index (χ0v) is 21.7. The minimum atomic E-state index is -0.932. The van der Waals surface area contributed by atoms with Crippen molar-refractivity contribution in [2.24, 2.45) is 4.99 Å². The van der Waals surface area contributed by atoms with Crippen LogP contribution in [0.1, 0.15) is 51.7 Å². The maximum Gasteiger partial charge on any atom is 0.156 e. The number of benzene rings is 3. The van der Waals surface area contributed by atoms with Gasteiger partial charge in [-0.25, -0.2) is 9.38 Å². The lowest BCUT2D eigenvalue weighted by Crippen LogP contribution is -2.43. The monoisotopic (exact) mass is 497 g/mol. The van der Waals surface area contributed by atoms with Crippen LogP contribution in [-0.2, 0) is 6.42 Å². The number of hydrogen-bond acceptors (Lipinski definition) is 5. The summed E-state index contributed by atoms with van der Waals surface area (Å²) >= 11 is 0. The van der Waals surface area contributed by atoms with Gasteiger partial charge in [-0.2, -0.15) is 5.26 Å². The highest BCUT2D eigenvalue weighted by atomic mass is 19.1. The number of aliphatic imine (C=N–C) groups is 1. The van der Waals surface area contributed by atoms with Gasteiger partial charge in [0.15, 0.2) is 6.23 Å². The minimum Gasteiger partial charge on any atom is -0.491 e. The fourth-order valence-electron chi connectivity index (χ4n) is 4.66. The van der Waals surface area contributed by atoms with Crippen molar-refractivity contribution in [2.75, 3.05) is 4.90 Å². The Hall–Kier alpha value is -3.95. The highest BCUT2D eigenvalue weighted by molar-refractivity contribution is 5.98. The first-order valence-corrected chi connectivity index (χ1v) is 12.6. The molecule has 0 aliphatic carbocycles. The van der Waals surface area contributed by atoms with Gasteiger partial charge in [-0.15, -0.1) is 0 Å². The van der Waals surface area contributed by atoms with Crippen molar-refractivity contribution < 1.29 is 14.2 Å². The fourth-order valence-corrected chi connectivity index (χ4v) is 4.66. The van der Waals surface area contributed by atoms with Gasteiger partial charge in [0.25, 0.3) is 0 Å². The summed E-state index contributed by atoms with van der Waals surface area (Å²) in [5.74, 6) is 1.06. The van der Waals surface area contributed by atoms with E-state index in [1.807, 2.05) is 51.1 Å². The molecule has 0 bridgehead atoms. The van der Waals surface area contributed by atoms with Crippen LogP contribution in [-0.4, -0.2) is 23.3 Å². The van der Waals surface area contributed by atoms with E-state index in [2.05, 4.69) is 13.0 Å². The third kappa shape index (κ3) is 5.73. The number of allylic oxidation sites excluding steroid dienone is 1. The molecule has 1 aliphatic rings. The molecule has 0 saturated heterocycles. The number of ether oxygens (including phenoxy) is 1. The van der Waals surface area contributed by atoms with Crippen molar-refractivity contribution in [2.45, 2.75) is 59.3 Å². The van der Waals surface area contributed by atoms with Gasteiger partial charge in [-0.1, -0.05) is 43.7 Å². The topological polar surface area (TPSA) is 68.8 Å². The lowest BCUT2D eigenvalue weighted by Gasteiger charge is -2.36. The van der Waals surface area contributed by atoms with Crippen molar-refractivity contribution >= 4 is 11.5 Å². The molecule has 5 nitrogen and oxygen atoms in total. The van der Waals surface area contributed by atoms with E-state index in [1.54, 1.807) is 35.2 Å². The molecular formula is C31H32FN3O2. The Morgan fingerprint density at radius 3 is 2.46 bits per heavy atom. The number of nitrogens with zero attached hydrogens (tertiary/aromatic N) is 3. The van der Waals surface area contributed by atoms with E-state index in [0.717, 1.165) is 41.1 Å². The van der Waals surface area contributed by atoms with E-state index in [1.165, 1.54) is 6.07 Å². The van der Waals surface area contributed by atoms with Gasteiger partial charge in [0.1, 0.15) is 17.4 Å². The molecule has 0 saturated carbocycles. The van der Waals surface area contributed by atoms with Crippen LogP contribution in [0.2, 0.25) is 0 Å². The van der Waals surface area contributed by atoms with Crippen molar-refractivity contribution in [1.82, 2.24) is 0 Å². The molecule has 0 spiro atoms. The first kappa shape index (κ1) is 26.1. The molecule has 1 heterocycles. The number of hydrogen-bond donors (Lipinski definition) is 1. The van der Waals surface area contributed by atoms with Crippen LogP contribution in [0, 0.1) is 17.1 Å². The van der Waals surface area contributed by atoms with Gasteiger partial charge in [0, 0.05) is 28.1 Å². The van der Waals surface area contributed by atoms with Crippen molar-refractivity contribution in [3.05, 3.63) is 94.9 Å². The van der Waals surface area contributed by atoms with Gasteiger partial charge < -0.3 is 9.84 Å². The summed E-state index contributed by atoms with van der Waals surface area (Å²) < 4.78 is 21.0.